The van der Waals surface area contributed by atoms with Crippen molar-refractivity contribution in [3.05, 3.63) is 10.0 Å². The molecular weight excluding hydrogens is 207 g/mol. The highest BCUT2D eigenvalue weighted by Gasteiger charge is 2.08. The zero-order valence-corrected chi connectivity index (χ0v) is 9.96. The van der Waals surface area contributed by atoms with Crippen molar-refractivity contribution in [1.82, 2.24) is 0 Å². The SMILES string of the molecule is Bc1c(B)c(Br)c(B)c(B)c1C. The summed E-state index contributed by atoms with van der Waals surface area (Å²) in [5, 5.41) is 0. The van der Waals surface area contributed by atoms with Crippen LogP contribution in [-0.2, 0) is 0 Å². The zero-order valence-electron chi connectivity index (χ0n) is 8.38. The highest BCUT2D eigenvalue weighted by atomic mass is 79.9. The lowest BCUT2D eigenvalue weighted by molar-refractivity contribution is 1.59. The Bertz CT molecular complexity index is 230. The minimum Gasteiger partial charge on any atom is -0.0918 e. The van der Waals surface area contributed by atoms with Crippen LogP contribution in [0.3, 0.4) is 0 Å². The van der Waals surface area contributed by atoms with E-state index in [1.165, 1.54) is 31.9 Å². The predicted molar refractivity (Wildman–Crippen MR) is 71.6 cm³/mol. The van der Waals surface area contributed by atoms with E-state index in [-0.39, 0.29) is 0 Å². The molecule has 1 aromatic rings. The van der Waals surface area contributed by atoms with Crippen molar-refractivity contribution in [2.75, 3.05) is 0 Å². The molecule has 0 N–H and O–H groups in total. The first kappa shape index (κ1) is 10.0. The van der Waals surface area contributed by atoms with E-state index in [9.17, 15) is 0 Å². The molecule has 0 heterocycles. The Morgan fingerprint density at radius 2 is 1.17 bits per heavy atom. The van der Waals surface area contributed by atoms with E-state index in [4.69, 9.17) is 0 Å². The van der Waals surface area contributed by atoms with Gasteiger partial charge in [0.1, 0.15) is 31.4 Å². The van der Waals surface area contributed by atoms with Crippen molar-refractivity contribution in [2.24, 2.45) is 0 Å². The predicted octanol–water partition coefficient (Wildman–Crippen LogP) is -4.21. The van der Waals surface area contributed by atoms with E-state index in [1.807, 2.05) is 0 Å². The van der Waals surface area contributed by atoms with Gasteiger partial charge in [-0.3, -0.25) is 0 Å². The topological polar surface area (TPSA) is 0 Å². The maximum Gasteiger partial charge on any atom is 0.140 e. The molecule has 0 saturated carbocycles. The Balaban J connectivity index is 3.60. The molecular formula is C7H11B4Br. The van der Waals surface area contributed by atoms with Gasteiger partial charge in [-0.05, 0) is 6.92 Å². The van der Waals surface area contributed by atoms with Crippen molar-refractivity contribution in [1.29, 1.82) is 0 Å². The number of rotatable bonds is 0. The van der Waals surface area contributed by atoms with Crippen molar-refractivity contribution < 1.29 is 0 Å². The molecule has 5 heteroatoms. The molecule has 0 saturated heterocycles. The molecule has 0 aromatic heterocycles. The number of halogens is 1. The van der Waals surface area contributed by atoms with Gasteiger partial charge in [-0.25, -0.2) is 0 Å². The molecule has 0 aliphatic carbocycles. The molecule has 0 fully saturated rings. The van der Waals surface area contributed by atoms with Crippen LogP contribution in [-0.4, -0.2) is 31.4 Å². The largest absolute Gasteiger partial charge is 0.140 e. The summed E-state index contributed by atoms with van der Waals surface area (Å²) in [4.78, 5) is 0. The van der Waals surface area contributed by atoms with E-state index < -0.39 is 0 Å². The van der Waals surface area contributed by atoms with Crippen LogP contribution in [0, 0.1) is 6.92 Å². The maximum absolute atomic E-state index is 3.61. The highest BCUT2D eigenvalue weighted by Crippen LogP contribution is 1.98. The van der Waals surface area contributed by atoms with Crippen molar-refractivity contribution in [3.63, 3.8) is 0 Å². The normalized spacial score (nSPS) is 10.2. The lowest BCUT2D eigenvalue weighted by Crippen LogP contribution is -2.44. The lowest BCUT2D eigenvalue weighted by Gasteiger charge is -2.15. The zero-order chi connectivity index (χ0) is 9.46. The standard InChI is InChI=1S/C7H11B4Br/c1-2-3(8)5(10)7(12)6(11)4(2)9/h8-11H2,1H3. The minimum absolute atomic E-state index is 1.27. The second-order valence-electron chi connectivity index (χ2n) is 3.44. The maximum atomic E-state index is 3.61. The third-order valence-corrected chi connectivity index (χ3v) is 4.10. The molecule has 0 unspecified atom stereocenters. The average molecular weight is 218 g/mol. The van der Waals surface area contributed by atoms with Crippen LogP contribution in [0.5, 0.6) is 0 Å². The summed E-state index contributed by atoms with van der Waals surface area (Å²) in [5.74, 6) is 0. The van der Waals surface area contributed by atoms with E-state index in [0.29, 0.717) is 0 Å². The fourth-order valence-corrected chi connectivity index (χ4v) is 2.05. The molecule has 0 atom stereocenters. The van der Waals surface area contributed by atoms with Gasteiger partial charge in [0.2, 0.25) is 0 Å². The molecule has 12 heavy (non-hydrogen) atoms. The third kappa shape index (κ3) is 1.39. The first-order valence-corrected chi connectivity index (χ1v) is 4.98. The molecule has 0 aliphatic heterocycles. The van der Waals surface area contributed by atoms with Gasteiger partial charge in [0.05, 0.1) is 0 Å². The van der Waals surface area contributed by atoms with Crippen LogP contribution in [0.25, 0.3) is 0 Å². The monoisotopic (exact) mass is 218 g/mol. The van der Waals surface area contributed by atoms with Gasteiger partial charge in [0.25, 0.3) is 0 Å². The number of hydrogen-bond acceptors (Lipinski definition) is 0. The molecule has 0 bridgehead atoms. The van der Waals surface area contributed by atoms with E-state index in [0.717, 1.165) is 0 Å². The summed E-state index contributed by atoms with van der Waals surface area (Å²) < 4.78 is 1.27. The van der Waals surface area contributed by atoms with Crippen molar-refractivity contribution in [3.8, 4) is 0 Å². The van der Waals surface area contributed by atoms with Gasteiger partial charge in [0.15, 0.2) is 0 Å². The quantitative estimate of drug-likeness (QED) is 0.387. The average Bonchev–Trinajstić information content (AvgIpc) is 2.08. The summed E-state index contributed by atoms with van der Waals surface area (Å²) in [5.41, 5.74) is 6.98. The van der Waals surface area contributed by atoms with Crippen LogP contribution in [0.15, 0.2) is 4.47 Å². The molecule has 0 aliphatic rings. The fourth-order valence-electron chi connectivity index (χ4n) is 1.45. The van der Waals surface area contributed by atoms with Gasteiger partial charge in [-0.1, -0.05) is 43.3 Å². The number of hydrogen-bond donors (Lipinski definition) is 0. The van der Waals surface area contributed by atoms with E-state index in [2.05, 4.69) is 54.2 Å². The molecule has 58 valence electrons. The van der Waals surface area contributed by atoms with Crippen LogP contribution < -0.4 is 21.9 Å². The molecule has 0 spiro atoms. The smallest absolute Gasteiger partial charge is 0.0918 e. The van der Waals surface area contributed by atoms with Crippen LogP contribution >= 0.6 is 15.9 Å². The summed E-state index contributed by atoms with van der Waals surface area (Å²) in [6.07, 6.45) is 0. The first-order chi connectivity index (χ1) is 5.46. The van der Waals surface area contributed by atoms with Gasteiger partial charge in [0, 0.05) is 4.47 Å². The summed E-state index contributed by atoms with van der Waals surface area (Å²) in [6, 6.07) is 0. The Labute approximate surface area is 86.3 Å². The Kier molecular flexibility index (Phi) is 2.82. The summed E-state index contributed by atoms with van der Waals surface area (Å²) >= 11 is 3.61. The van der Waals surface area contributed by atoms with Gasteiger partial charge in [-0.2, -0.15) is 0 Å². The third-order valence-electron chi connectivity index (χ3n) is 2.91. The minimum atomic E-state index is 1.27. The molecule has 0 amide bonds. The highest BCUT2D eigenvalue weighted by molar-refractivity contribution is 9.10. The summed E-state index contributed by atoms with van der Waals surface area (Å²) in [6.45, 7) is 2.19. The van der Waals surface area contributed by atoms with Crippen LogP contribution in [0.1, 0.15) is 5.56 Å². The van der Waals surface area contributed by atoms with Gasteiger partial charge in [-0.15, -0.1) is 0 Å². The molecule has 0 radical (unpaired) electrons. The molecule has 1 rings (SSSR count). The molecule has 0 nitrogen and oxygen atoms in total. The van der Waals surface area contributed by atoms with Crippen molar-refractivity contribution >= 4 is 69.2 Å². The Hall–Kier alpha value is -0.0403. The van der Waals surface area contributed by atoms with Crippen molar-refractivity contribution in [2.45, 2.75) is 6.92 Å². The second kappa shape index (κ2) is 3.37. The first-order valence-electron chi connectivity index (χ1n) is 4.19. The lowest BCUT2D eigenvalue weighted by atomic mass is 9.68. The summed E-state index contributed by atoms with van der Waals surface area (Å²) in [7, 11) is 8.70. The van der Waals surface area contributed by atoms with Crippen LogP contribution in [0.4, 0.5) is 0 Å². The van der Waals surface area contributed by atoms with Gasteiger partial charge >= 0.3 is 0 Å². The molecule has 1 aromatic carbocycles. The fraction of sp³-hybridized carbons (Fsp3) is 0.143. The number of benzene rings is 1. The van der Waals surface area contributed by atoms with E-state index >= 15 is 0 Å². The second-order valence-corrected chi connectivity index (χ2v) is 4.23. The van der Waals surface area contributed by atoms with Crippen LogP contribution in [0.2, 0.25) is 0 Å². The van der Waals surface area contributed by atoms with E-state index in [1.54, 1.807) is 0 Å². The Morgan fingerprint density at radius 3 is 1.50 bits per heavy atom. The Morgan fingerprint density at radius 1 is 0.833 bits per heavy atom. The van der Waals surface area contributed by atoms with Gasteiger partial charge < -0.3 is 0 Å².